The molecule has 3 heteroatoms. The number of ether oxygens (including phenoxy) is 1. The second-order valence-electron chi connectivity index (χ2n) is 4.52. The van der Waals surface area contributed by atoms with E-state index in [1.165, 1.54) is 0 Å². The van der Waals surface area contributed by atoms with Crippen molar-refractivity contribution in [2.24, 2.45) is 0 Å². The van der Waals surface area contributed by atoms with E-state index in [1.54, 1.807) is 7.11 Å². The monoisotopic (exact) mass is 246 g/mol. The van der Waals surface area contributed by atoms with Gasteiger partial charge in [0.2, 0.25) is 0 Å². The van der Waals surface area contributed by atoms with Gasteiger partial charge in [-0.05, 0) is 39.0 Å². The number of rotatable bonds is 3. The van der Waals surface area contributed by atoms with Crippen molar-refractivity contribution in [3.8, 4) is 5.75 Å². The predicted octanol–water partition coefficient (Wildman–Crippen LogP) is 3.30. The Bertz CT molecular complexity index is 555. The van der Waals surface area contributed by atoms with Crippen LogP contribution in [0.25, 0.3) is 0 Å². The third-order valence-corrected chi connectivity index (χ3v) is 3.05. The molecule has 0 aliphatic carbocycles. The first-order valence-corrected chi connectivity index (χ1v) is 5.92. The molecule has 0 amide bonds. The summed E-state index contributed by atoms with van der Waals surface area (Å²) in [6.45, 7) is 5.72. The average Bonchev–Trinajstić information content (AvgIpc) is 2.67. The fraction of sp³-hybridized carbons (Fsp3) is 0.333. The molecule has 96 valence electrons. The molecule has 0 aliphatic rings. The van der Waals surface area contributed by atoms with Crippen molar-refractivity contribution in [3.05, 3.63) is 52.5 Å². The maximum atomic E-state index is 10.5. The summed E-state index contributed by atoms with van der Waals surface area (Å²) in [4.78, 5) is 0. The largest absolute Gasteiger partial charge is 0.496 e. The molecular formula is C15H18O3. The number of aliphatic hydroxyl groups is 1. The van der Waals surface area contributed by atoms with E-state index < -0.39 is 6.10 Å². The van der Waals surface area contributed by atoms with Crippen LogP contribution in [-0.2, 0) is 0 Å². The minimum atomic E-state index is -0.725. The van der Waals surface area contributed by atoms with Gasteiger partial charge in [-0.2, -0.15) is 0 Å². The summed E-state index contributed by atoms with van der Waals surface area (Å²) in [6, 6.07) is 7.63. The van der Waals surface area contributed by atoms with Crippen LogP contribution in [0.3, 0.4) is 0 Å². The highest BCUT2D eigenvalue weighted by Crippen LogP contribution is 2.33. The fourth-order valence-electron chi connectivity index (χ4n) is 2.16. The van der Waals surface area contributed by atoms with Gasteiger partial charge < -0.3 is 14.3 Å². The molecule has 2 rings (SSSR count). The van der Waals surface area contributed by atoms with E-state index in [2.05, 4.69) is 0 Å². The average molecular weight is 246 g/mol. The number of methoxy groups -OCH3 is 1. The van der Waals surface area contributed by atoms with Gasteiger partial charge in [-0.25, -0.2) is 0 Å². The van der Waals surface area contributed by atoms with Crippen LogP contribution in [0.15, 0.2) is 28.7 Å². The van der Waals surface area contributed by atoms with E-state index in [9.17, 15) is 5.11 Å². The zero-order valence-electron chi connectivity index (χ0n) is 11.2. The first-order valence-electron chi connectivity index (χ1n) is 5.92. The summed E-state index contributed by atoms with van der Waals surface area (Å²) in [7, 11) is 1.61. The van der Waals surface area contributed by atoms with Crippen LogP contribution in [0.4, 0.5) is 0 Å². The first kappa shape index (κ1) is 12.7. The summed E-state index contributed by atoms with van der Waals surface area (Å²) in [5.41, 5.74) is 2.64. The molecule has 0 saturated carbocycles. The summed E-state index contributed by atoms with van der Waals surface area (Å²) in [5.74, 6) is 2.23. The molecule has 0 bridgehead atoms. The molecule has 0 saturated heterocycles. The molecule has 1 heterocycles. The molecule has 0 radical (unpaired) electrons. The summed E-state index contributed by atoms with van der Waals surface area (Å²) >= 11 is 0. The van der Waals surface area contributed by atoms with Gasteiger partial charge in [0.25, 0.3) is 0 Å². The van der Waals surface area contributed by atoms with E-state index in [0.29, 0.717) is 5.75 Å². The van der Waals surface area contributed by atoms with Gasteiger partial charge >= 0.3 is 0 Å². The van der Waals surface area contributed by atoms with Gasteiger partial charge in [-0.1, -0.05) is 11.6 Å². The standard InChI is InChI=1S/C15H18O3/c1-9-5-6-14(17-4)13(7-9)15(16)12-8-10(2)18-11(12)3/h5-8,15-16H,1-4H3. The lowest BCUT2D eigenvalue weighted by atomic mass is 9.99. The quantitative estimate of drug-likeness (QED) is 0.903. The third kappa shape index (κ3) is 2.27. The van der Waals surface area contributed by atoms with Crippen molar-refractivity contribution >= 4 is 0 Å². The Hall–Kier alpha value is -1.74. The van der Waals surface area contributed by atoms with Crippen LogP contribution >= 0.6 is 0 Å². The van der Waals surface area contributed by atoms with Crippen LogP contribution in [0, 0.1) is 20.8 Å². The minimum Gasteiger partial charge on any atom is -0.496 e. The van der Waals surface area contributed by atoms with E-state index in [4.69, 9.17) is 9.15 Å². The van der Waals surface area contributed by atoms with E-state index in [0.717, 1.165) is 28.2 Å². The molecule has 1 unspecified atom stereocenters. The Morgan fingerprint density at radius 2 is 1.83 bits per heavy atom. The zero-order valence-corrected chi connectivity index (χ0v) is 11.2. The smallest absolute Gasteiger partial charge is 0.125 e. The Balaban J connectivity index is 2.48. The van der Waals surface area contributed by atoms with Gasteiger partial charge in [0.1, 0.15) is 23.4 Å². The molecule has 2 aromatic rings. The van der Waals surface area contributed by atoms with Gasteiger partial charge in [0.15, 0.2) is 0 Å². The third-order valence-electron chi connectivity index (χ3n) is 3.05. The molecular weight excluding hydrogens is 228 g/mol. The lowest BCUT2D eigenvalue weighted by molar-refractivity contribution is 0.212. The summed E-state index contributed by atoms with van der Waals surface area (Å²) < 4.78 is 10.8. The first-order chi connectivity index (χ1) is 8.52. The van der Waals surface area contributed by atoms with Crippen molar-refractivity contribution in [2.45, 2.75) is 26.9 Å². The molecule has 18 heavy (non-hydrogen) atoms. The molecule has 0 aliphatic heterocycles. The van der Waals surface area contributed by atoms with Gasteiger partial charge in [0, 0.05) is 11.1 Å². The Kier molecular flexibility index (Phi) is 3.43. The SMILES string of the molecule is COc1ccc(C)cc1C(O)c1cc(C)oc1C. The van der Waals surface area contributed by atoms with Crippen LogP contribution in [-0.4, -0.2) is 12.2 Å². The molecule has 0 fully saturated rings. The topological polar surface area (TPSA) is 42.6 Å². The molecule has 0 spiro atoms. The molecule has 1 aromatic heterocycles. The normalized spacial score (nSPS) is 12.5. The summed E-state index contributed by atoms with van der Waals surface area (Å²) in [6.07, 6.45) is -0.725. The highest BCUT2D eigenvalue weighted by Gasteiger charge is 2.20. The highest BCUT2D eigenvalue weighted by molar-refractivity contribution is 5.43. The van der Waals surface area contributed by atoms with Crippen molar-refractivity contribution in [1.29, 1.82) is 0 Å². The summed E-state index contributed by atoms with van der Waals surface area (Å²) in [5, 5.41) is 10.5. The van der Waals surface area contributed by atoms with Gasteiger partial charge in [0.05, 0.1) is 7.11 Å². The highest BCUT2D eigenvalue weighted by atomic mass is 16.5. The molecule has 3 nitrogen and oxygen atoms in total. The maximum Gasteiger partial charge on any atom is 0.125 e. The zero-order chi connectivity index (χ0) is 13.3. The van der Waals surface area contributed by atoms with E-state index in [1.807, 2.05) is 45.0 Å². The van der Waals surface area contributed by atoms with E-state index >= 15 is 0 Å². The van der Waals surface area contributed by atoms with Crippen LogP contribution < -0.4 is 4.74 Å². The maximum absolute atomic E-state index is 10.5. The van der Waals surface area contributed by atoms with Crippen molar-refractivity contribution in [2.75, 3.05) is 7.11 Å². The Morgan fingerprint density at radius 1 is 1.11 bits per heavy atom. The lowest BCUT2D eigenvalue weighted by Gasteiger charge is -2.15. The lowest BCUT2D eigenvalue weighted by Crippen LogP contribution is -2.03. The van der Waals surface area contributed by atoms with Gasteiger partial charge in [-0.3, -0.25) is 0 Å². The van der Waals surface area contributed by atoms with Crippen molar-refractivity contribution < 1.29 is 14.3 Å². The van der Waals surface area contributed by atoms with E-state index in [-0.39, 0.29) is 0 Å². The van der Waals surface area contributed by atoms with Crippen molar-refractivity contribution in [1.82, 2.24) is 0 Å². The van der Waals surface area contributed by atoms with Crippen LogP contribution in [0.2, 0.25) is 0 Å². The van der Waals surface area contributed by atoms with Crippen LogP contribution in [0.5, 0.6) is 5.75 Å². The van der Waals surface area contributed by atoms with Crippen LogP contribution in [0.1, 0.15) is 34.3 Å². The Morgan fingerprint density at radius 3 is 2.39 bits per heavy atom. The predicted molar refractivity (Wildman–Crippen MR) is 70.0 cm³/mol. The number of aryl methyl sites for hydroxylation is 3. The minimum absolute atomic E-state index is 0.686. The van der Waals surface area contributed by atoms with Crippen molar-refractivity contribution in [3.63, 3.8) is 0 Å². The molecule has 1 N–H and O–H groups in total. The number of hydrogen-bond acceptors (Lipinski definition) is 3. The second kappa shape index (κ2) is 4.86. The molecule has 1 atom stereocenters. The Labute approximate surface area is 107 Å². The van der Waals surface area contributed by atoms with Gasteiger partial charge in [-0.15, -0.1) is 0 Å². The molecule has 1 aromatic carbocycles. The number of benzene rings is 1. The number of furan rings is 1. The number of aliphatic hydroxyl groups excluding tert-OH is 1. The number of hydrogen-bond donors (Lipinski definition) is 1. The second-order valence-corrected chi connectivity index (χ2v) is 4.52. The fourth-order valence-corrected chi connectivity index (χ4v) is 2.16.